The quantitative estimate of drug-likeness (QED) is 0.280. The van der Waals surface area contributed by atoms with Crippen LogP contribution in [0, 0.1) is 11.3 Å². The number of rotatable bonds is 8. The third-order valence-corrected chi connectivity index (χ3v) is 5.62. The number of nitriles is 1. The van der Waals surface area contributed by atoms with E-state index in [9.17, 15) is 10.1 Å². The van der Waals surface area contributed by atoms with Gasteiger partial charge in [0.15, 0.2) is 11.5 Å². The van der Waals surface area contributed by atoms with Crippen molar-refractivity contribution in [3.8, 4) is 17.6 Å². The van der Waals surface area contributed by atoms with Gasteiger partial charge in [-0.15, -0.1) is 0 Å². The maximum atomic E-state index is 12.3. The molecule has 1 amide bonds. The molecule has 0 fully saturated rings. The fraction of sp³-hybridized carbons (Fsp3) is 0.125. The van der Waals surface area contributed by atoms with Gasteiger partial charge in [-0.2, -0.15) is 10.4 Å². The van der Waals surface area contributed by atoms with Crippen molar-refractivity contribution in [3.05, 3.63) is 91.9 Å². The number of carbonyl (C=O) groups excluding carboxylic acids is 1. The predicted molar refractivity (Wildman–Crippen MR) is 130 cm³/mol. The highest BCUT2D eigenvalue weighted by Gasteiger charge is 2.13. The van der Waals surface area contributed by atoms with Crippen LogP contribution in [0.3, 0.4) is 0 Å². The zero-order valence-electron chi connectivity index (χ0n) is 17.1. The monoisotopic (exact) mass is 555 g/mol. The summed E-state index contributed by atoms with van der Waals surface area (Å²) >= 11 is 6.87. The second-order valence-electron chi connectivity index (χ2n) is 6.50. The molecule has 0 spiro atoms. The van der Waals surface area contributed by atoms with E-state index in [-0.39, 0.29) is 12.5 Å². The molecule has 0 saturated carbocycles. The molecule has 32 heavy (non-hydrogen) atoms. The number of amides is 1. The van der Waals surface area contributed by atoms with Crippen molar-refractivity contribution >= 4 is 44.0 Å². The lowest BCUT2D eigenvalue weighted by Gasteiger charge is -2.15. The Bertz CT molecular complexity index is 1190. The predicted octanol–water partition coefficient (Wildman–Crippen LogP) is 5.82. The van der Waals surface area contributed by atoms with E-state index in [0.717, 1.165) is 5.56 Å². The summed E-state index contributed by atoms with van der Waals surface area (Å²) in [6.45, 7) is 2.54. The van der Waals surface area contributed by atoms with Crippen molar-refractivity contribution in [1.29, 1.82) is 5.26 Å². The Morgan fingerprint density at radius 2 is 1.84 bits per heavy atom. The first-order chi connectivity index (χ1) is 15.5. The van der Waals surface area contributed by atoms with Gasteiger partial charge in [0.1, 0.15) is 6.61 Å². The highest BCUT2D eigenvalue weighted by molar-refractivity contribution is 9.10. The number of hydrogen-bond donors (Lipinski definition) is 1. The second-order valence-corrected chi connectivity index (χ2v) is 8.21. The summed E-state index contributed by atoms with van der Waals surface area (Å²) in [7, 11) is 0. The molecule has 0 aliphatic heterocycles. The summed E-state index contributed by atoms with van der Waals surface area (Å²) in [6.07, 6.45) is 1.52. The van der Waals surface area contributed by atoms with Crippen LogP contribution in [0.4, 0.5) is 0 Å². The van der Waals surface area contributed by atoms with Crippen LogP contribution in [0.2, 0.25) is 0 Å². The number of nitrogens with zero attached hydrogens (tertiary/aromatic N) is 2. The van der Waals surface area contributed by atoms with E-state index >= 15 is 0 Å². The second kappa shape index (κ2) is 11.5. The van der Waals surface area contributed by atoms with Crippen LogP contribution >= 0.6 is 31.9 Å². The van der Waals surface area contributed by atoms with E-state index in [1.807, 2.05) is 37.3 Å². The van der Waals surface area contributed by atoms with E-state index < -0.39 is 0 Å². The average Bonchev–Trinajstić information content (AvgIpc) is 2.79. The minimum Gasteiger partial charge on any atom is -0.490 e. The lowest BCUT2D eigenvalue weighted by molar-refractivity contribution is 0.0954. The minimum atomic E-state index is -0.325. The molecule has 0 aromatic heterocycles. The standard InChI is InChI=1S/C24H19Br2N3O3/c1-2-31-22-12-16(14-28-29-24(30)19-9-5-6-10-20(19)25)11-21(26)23(22)32-15-18-8-4-3-7-17(18)13-27/h3-12,14H,2,15H2,1H3,(H,29,30)/b28-14+. The van der Waals surface area contributed by atoms with Crippen LogP contribution in [0.5, 0.6) is 11.5 Å². The molecular weight excluding hydrogens is 538 g/mol. The molecule has 0 unspecified atom stereocenters. The molecule has 0 radical (unpaired) electrons. The summed E-state index contributed by atoms with van der Waals surface area (Å²) in [4.78, 5) is 12.3. The summed E-state index contributed by atoms with van der Waals surface area (Å²) < 4.78 is 13.1. The zero-order chi connectivity index (χ0) is 22.9. The number of ether oxygens (including phenoxy) is 2. The van der Waals surface area contributed by atoms with Gasteiger partial charge in [0.2, 0.25) is 0 Å². The Hall–Kier alpha value is -3.15. The third-order valence-electron chi connectivity index (χ3n) is 4.34. The van der Waals surface area contributed by atoms with Crippen LogP contribution in [0.1, 0.15) is 34.0 Å². The Morgan fingerprint density at radius 3 is 2.59 bits per heavy atom. The average molecular weight is 557 g/mol. The Morgan fingerprint density at radius 1 is 1.09 bits per heavy atom. The number of nitrogens with one attached hydrogen (secondary N) is 1. The summed E-state index contributed by atoms with van der Waals surface area (Å²) in [5, 5.41) is 13.3. The van der Waals surface area contributed by atoms with Crippen LogP contribution in [-0.2, 0) is 6.61 Å². The Kier molecular flexibility index (Phi) is 8.42. The molecule has 3 aromatic carbocycles. The van der Waals surface area contributed by atoms with Crippen molar-refractivity contribution in [2.75, 3.05) is 6.61 Å². The number of halogens is 2. The normalized spacial score (nSPS) is 10.6. The van der Waals surface area contributed by atoms with Crippen molar-refractivity contribution < 1.29 is 14.3 Å². The molecule has 0 saturated heterocycles. The fourth-order valence-electron chi connectivity index (χ4n) is 2.84. The molecule has 0 aliphatic rings. The van der Waals surface area contributed by atoms with Crippen LogP contribution in [-0.4, -0.2) is 18.7 Å². The molecule has 8 heteroatoms. The summed E-state index contributed by atoms with van der Waals surface area (Å²) in [6, 6.07) is 20.1. The maximum Gasteiger partial charge on any atom is 0.272 e. The maximum absolute atomic E-state index is 12.3. The van der Waals surface area contributed by atoms with Gasteiger partial charge in [0.05, 0.1) is 34.5 Å². The number of carbonyl (C=O) groups is 1. The van der Waals surface area contributed by atoms with Crippen LogP contribution < -0.4 is 14.9 Å². The van der Waals surface area contributed by atoms with E-state index in [1.165, 1.54) is 6.21 Å². The molecule has 6 nitrogen and oxygen atoms in total. The van der Waals surface area contributed by atoms with Gasteiger partial charge in [0, 0.05) is 10.0 Å². The number of hydrazone groups is 1. The van der Waals surface area contributed by atoms with Crippen molar-refractivity contribution in [2.45, 2.75) is 13.5 Å². The molecule has 0 atom stereocenters. The van der Waals surface area contributed by atoms with Crippen LogP contribution in [0.15, 0.2) is 74.7 Å². The highest BCUT2D eigenvalue weighted by Crippen LogP contribution is 2.37. The first-order valence-electron chi connectivity index (χ1n) is 9.68. The Balaban J connectivity index is 1.76. The molecule has 1 N–H and O–H groups in total. The van der Waals surface area contributed by atoms with Crippen molar-refractivity contribution in [3.63, 3.8) is 0 Å². The molecule has 3 aromatic rings. The van der Waals surface area contributed by atoms with Gasteiger partial charge in [-0.1, -0.05) is 30.3 Å². The van der Waals surface area contributed by atoms with Gasteiger partial charge in [-0.25, -0.2) is 5.43 Å². The van der Waals surface area contributed by atoms with Crippen molar-refractivity contribution in [2.24, 2.45) is 5.10 Å². The van der Waals surface area contributed by atoms with Gasteiger partial charge in [-0.05, 0) is 74.7 Å². The van der Waals surface area contributed by atoms with Crippen molar-refractivity contribution in [1.82, 2.24) is 5.43 Å². The smallest absolute Gasteiger partial charge is 0.272 e. The van der Waals surface area contributed by atoms with Gasteiger partial charge >= 0.3 is 0 Å². The third kappa shape index (κ3) is 5.96. The van der Waals surface area contributed by atoms with E-state index in [0.29, 0.717) is 43.7 Å². The fourth-order valence-corrected chi connectivity index (χ4v) is 3.88. The lowest BCUT2D eigenvalue weighted by Crippen LogP contribution is -2.18. The first-order valence-corrected chi connectivity index (χ1v) is 11.3. The number of hydrogen-bond acceptors (Lipinski definition) is 5. The highest BCUT2D eigenvalue weighted by atomic mass is 79.9. The number of benzene rings is 3. The zero-order valence-corrected chi connectivity index (χ0v) is 20.3. The SMILES string of the molecule is CCOc1cc(/C=N/NC(=O)c2ccccc2Br)cc(Br)c1OCc1ccccc1C#N. The molecule has 3 rings (SSSR count). The van der Waals surface area contributed by atoms with E-state index in [1.54, 1.807) is 30.3 Å². The van der Waals surface area contributed by atoms with E-state index in [4.69, 9.17) is 9.47 Å². The first kappa shape index (κ1) is 23.5. The molecule has 0 heterocycles. The summed E-state index contributed by atoms with van der Waals surface area (Å²) in [5.41, 5.74) is 5.05. The molecule has 0 bridgehead atoms. The van der Waals surface area contributed by atoms with Gasteiger partial charge in [-0.3, -0.25) is 4.79 Å². The minimum absolute atomic E-state index is 0.220. The van der Waals surface area contributed by atoms with Gasteiger partial charge < -0.3 is 9.47 Å². The lowest BCUT2D eigenvalue weighted by atomic mass is 10.1. The largest absolute Gasteiger partial charge is 0.490 e. The summed E-state index contributed by atoms with van der Waals surface area (Å²) in [5.74, 6) is 0.720. The van der Waals surface area contributed by atoms with E-state index in [2.05, 4.69) is 48.5 Å². The van der Waals surface area contributed by atoms with Gasteiger partial charge in [0.25, 0.3) is 5.91 Å². The van der Waals surface area contributed by atoms with Crippen LogP contribution in [0.25, 0.3) is 0 Å². The molecular formula is C24H19Br2N3O3. The topological polar surface area (TPSA) is 83.7 Å². The molecule has 162 valence electrons. The molecule has 0 aliphatic carbocycles. The Labute approximate surface area is 203 Å².